The van der Waals surface area contributed by atoms with Gasteiger partial charge in [0.2, 0.25) is 5.91 Å². The molecule has 0 radical (unpaired) electrons. The van der Waals surface area contributed by atoms with Crippen molar-refractivity contribution in [2.45, 2.75) is 30.5 Å². The van der Waals surface area contributed by atoms with Crippen molar-refractivity contribution in [3.8, 4) is 0 Å². The monoisotopic (exact) mass is 231 g/mol. The third-order valence-corrected chi connectivity index (χ3v) is 3.26. The summed E-state index contributed by atoms with van der Waals surface area (Å²) in [6.07, 6.45) is 3.05. The molecule has 1 fully saturated rings. The quantitative estimate of drug-likeness (QED) is 0.585. The van der Waals surface area contributed by atoms with Crippen molar-refractivity contribution in [3.05, 3.63) is 12.2 Å². The molecule has 0 unspecified atom stereocenters. The van der Waals surface area contributed by atoms with Gasteiger partial charge in [-0.1, -0.05) is 28.1 Å². The largest absolute Gasteiger partial charge is 0.351 e. The van der Waals surface area contributed by atoms with Gasteiger partial charge >= 0.3 is 0 Å². The first-order valence-electron chi connectivity index (χ1n) is 4.16. The van der Waals surface area contributed by atoms with Gasteiger partial charge < -0.3 is 5.32 Å². The van der Waals surface area contributed by atoms with Gasteiger partial charge in [-0.15, -0.1) is 0 Å². The smallest absolute Gasteiger partial charge is 0.237 e. The van der Waals surface area contributed by atoms with Crippen molar-refractivity contribution >= 4 is 21.8 Å². The number of nitrogens with one attached hydrogen (secondary N) is 1. The second-order valence-electron chi connectivity index (χ2n) is 3.46. The maximum absolute atomic E-state index is 11.5. The molecule has 0 atom stereocenters. The number of halogens is 1. The summed E-state index contributed by atoms with van der Waals surface area (Å²) >= 11 is 3.44. The summed E-state index contributed by atoms with van der Waals surface area (Å²) in [6, 6.07) is 0. The zero-order chi connectivity index (χ0) is 9.19. The highest BCUT2D eigenvalue weighted by Crippen LogP contribution is 2.40. The van der Waals surface area contributed by atoms with Gasteiger partial charge in [-0.2, -0.15) is 0 Å². The van der Waals surface area contributed by atoms with Crippen LogP contribution in [0.25, 0.3) is 0 Å². The Balaban J connectivity index is 2.33. The van der Waals surface area contributed by atoms with Gasteiger partial charge in [-0.05, 0) is 26.2 Å². The zero-order valence-corrected chi connectivity index (χ0v) is 8.91. The number of rotatable bonds is 3. The number of amides is 1. The fourth-order valence-corrected chi connectivity index (χ4v) is 1.80. The van der Waals surface area contributed by atoms with E-state index in [0.29, 0.717) is 6.54 Å². The Kier molecular flexibility index (Phi) is 2.94. The second kappa shape index (κ2) is 3.60. The molecular formula is C9H14BrNO. The van der Waals surface area contributed by atoms with Crippen molar-refractivity contribution in [2.24, 2.45) is 0 Å². The molecule has 0 bridgehead atoms. The Bertz CT molecular complexity index is 209. The molecule has 0 aromatic heterocycles. The first-order valence-corrected chi connectivity index (χ1v) is 4.95. The molecule has 0 aliphatic heterocycles. The first-order chi connectivity index (χ1) is 5.54. The normalized spacial score (nSPS) is 19.5. The van der Waals surface area contributed by atoms with Gasteiger partial charge in [0, 0.05) is 6.54 Å². The summed E-state index contributed by atoms with van der Waals surface area (Å²) in [5.41, 5.74) is 0.985. The fraction of sp³-hybridized carbons (Fsp3) is 0.667. The lowest BCUT2D eigenvalue weighted by atomic mass is 9.84. The fourth-order valence-electron chi connectivity index (χ4n) is 1.10. The molecule has 1 N–H and O–H groups in total. The SMILES string of the molecule is C=C(C)CNC(=O)C1(Br)CCC1. The molecule has 0 heterocycles. The Labute approximate surface area is 81.5 Å². The van der Waals surface area contributed by atoms with E-state index in [4.69, 9.17) is 0 Å². The molecule has 1 rings (SSSR count). The topological polar surface area (TPSA) is 29.1 Å². The minimum absolute atomic E-state index is 0.108. The summed E-state index contributed by atoms with van der Waals surface area (Å²) < 4.78 is -0.261. The number of hydrogen-bond donors (Lipinski definition) is 1. The van der Waals surface area contributed by atoms with Crippen LogP contribution in [-0.4, -0.2) is 16.8 Å². The molecule has 1 aliphatic rings. The molecule has 3 heteroatoms. The number of carbonyl (C=O) groups excluding carboxylic acids is 1. The highest BCUT2D eigenvalue weighted by Gasteiger charge is 2.41. The van der Waals surface area contributed by atoms with Gasteiger partial charge in [0.1, 0.15) is 4.32 Å². The van der Waals surface area contributed by atoms with E-state index in [0.717, 1.165) is 24.8 Å². The van der Waals surface area contributed by atoms with Crippen LogP contribution in [0.5, 0.6) is 0 Å². The predicted molar refractivity (Wildman–Crippen MR) is 53.3 cm³/mol. The third-order valence-electron chi connectivity index (χ3n) is 2.10. The van der Waals surface area contributed by atoms with Gasteiger partial charge in [0.05, 0.1) is 0 Å². The molecule has 1 saturated carbocycles. The predicted octanol–water partition coefficient (Wildman–Crippen LogP) is 2.00. The molecule has 1 amide bonds. The van der Waals surface area contributed by atoms with Crippen LogP contribution in [-0.2, 0) is 4.79 Å². The molecule has 12 heavy (non-hydrogen) atoms. The zero-order valence-electron chi connectivity index (χ0n) is 7.32. The van der Waals surface area contributed by atoms with Gasteiger partial charge in [0.15, 0.2) is 0 Å². The average Bonchev–Trinajstić information content (AvgIpc) is 1.95. The van der Waals surface area contributed by atoms with Crippen LogP contribution in [0.1, 0.15) is 26.2 Å². The minimum atomic E-state index is -0.261. The lowest BCUT2D eigenvalue weighted by Gasteiger charge is -2.34. The van der Waals surface area contributed by atoms with Crippen molar-refractivity contribution in [1.82, 2.24) is 5.32 Å². The molecule has 0 aromatic carbocycles. The molecular weight excluding hydrogens is 218 g/mol. The second-order valence-corrected chi connectivity index (χ2v) is 4.98. The van der Waals surface area contributed by atoms with Crippen LogP contribution in [0.4, 0.5) is 0 Å². The molecule has 68 valence electrons. The van der Waals surface area contributed by atoms with Gasteiger partial charge in [-0.3, -0.25) is 4.79 Å². The Morgan fingerprint density at radius 2 is 2.25 bits per heavy atom. The lowest BCUT2D eigenvalue weighted by Crippen LogP contribution is -2.47. The highest BCUT2D eigenvalue weighted by atomic mass is 79.9. The van der Waals surface area contributed by atoms with Crippen LogP contribution < -0.4 is 5.32 Å². The van der Waals surface area contributed by atoms with Gasteiger partial charge in [0.25, 0.3) is 0 Å². The molecule has 2 nitrogen and oxygen atoms in total. The van der Waals surface area contributed by atoms with Crippen molar-refractivity contribution < 1.29 is 4.79 Å². The van der Waals surface area contributed by atoms with E-state index in [1.165, 1.54) is 0 Å². The van der Waals surface area contributed by atoms with E-state index in [-0.39, 0.29) is 10.2 Å². The number of alkyl halides is 1. The molecule has 0 spiro atoms. The minimum Gasteiger partial charge on any atom is -0.351 e. The van der Waals surface area contributed by atoms with Crippen LogP contribution in [0.15, 0.2) is 12.2 Å². The maximum atomic E-state index is 11.5. The van der Waals surface area contributed by atoms with E-state index >= 15 is 0 Å². The van der Waals surface area contributed by atoms with E-state index in [1.54, 1.807) is 0 Å². The Morgan fingerprint density at radius 3 is 2.58 bits per heavy atom. The number of hydrogen-bond acceptors (Lipinski definition) is 1. The summed E-state index contributed by atoms with van der Waals surface area (Å²) in [5.74, 6) is 0.108. The molecule has 0 aromatic rings. The van der Waals surface area contributed by atoms with Crippen molar-refractivity contribution in [1.29, 1.82) is 0 Å². The van der Waals surface area contributed by atoms with Crippen LogP contribution in [0.3, 0.4) is 0 Å². The Hall–Kier alpha value is -0.310. The lowest BCUT2D eigenvalue weighted by molar-refractivity contribution is -0.124. The third kappa shape index (κ3) is 2.09. The van der Waals surface area contributed by atoms with Crippen LogP contribution in [0, 0.1) is 0 Å². The number of carbonyl (C=O) groups is 1. The summed E-state index contributed by atoms with van der Waals surface area (Å²) in [4.78, 5) is 11.5. The van der Waals surface area contributed by atoms with Crippen molar-refractivity contribution in [2.75, 3.05) is 6.54 Å². The van der Waals surface area contributed by atoms with E-state index in [9.17, 15) is 4.79 Å². The first kappa shape index (κ1) is 9.78. The van der Waals surface area contributed by atoms with Crippen LogP contribution >= 0.6 is 15.9 Å². The summed E-state index contributed by atoms with van der Waals surface area (Å²) in [7, 11) is 0. The van der Waals surface area contributed by atoms with Gasteiger partial charge in [-0.25, -0.2) is 0 Å². The van der Waals surface area contributed by atoms with E-state index in [2.05, 4.69) is 27.8 Å². The average molecular weight is 232 g/mol. The standard InChI is InChI=1S/C9H14BrNO/c1-7(2)6-11-8(12)9(10)4-3-5-9/h1,3-6H2,2H3,(H,11,12). The molecule has 1 aliphatic carbocycles. The van der Waals surface area contributed by atoms with E-state index < -0.39 is 0 Å². The Morgan fingerprint density at radius 1 is 1.67 bits per heavy atom. The maximum Gasteiger partial charge on any atom is 0.237 e. The van der Waals surface area contributed by atoms with Crippen molar-refractivity contribution in [3.63, 3.8) is 0 Å². The van der Waals surface area contributed by atoms with E-state index in [1.807, 2.05) is 6.92 Å². The summed E-state index contributed by atoms with van der Waals surface area (Å²) in [6.45, 7) is 6.22. The van der Waals surface area contributed by atoms with Crippen LogP contribution in [0.2, 0.25) is 0 Å². The highest BCUT2D eigenvalue weighted by molar-refractivity contribution is 9.10. The summed E-state index contributed by atoms with van der Waals surface area (Å²) in [5, 5.41) is 2.84. The molecule has 0 saturated heterocycles.